The van der Waals surface area contributed by atoms with E-state index in [1.54, 1.807) is 13.8 Å². The van der Waals surface area contributed by atoms with Crippen molar-refractivity contribution in [3.8, 4) is 0 Å². The molecule has 0 aliphatic carbocycles. The van der Waals surface area contributed by atoms with Crippen LogP contribution in [0.15, 0.2) is 12.2 Å². The summed E-state index contributed by atoms with van der Waals surface area (Å²) < 4.78 is 0. The van der Waals surface area contributed by atoms with E-state index in [1.807, 2.05) is 95.2 Å². The van der Waals surface area contributed by atoms with Crippen LogP contribution in [-0.2, 0) is 47.9 Å². The quantitative estimate of drug-likeness (QED) is 0.110. The fraction of sp³-hybridized carbons (Fsp3) is 0.806. The normalized spacial score (nSPS) is 27.2. The average molecular weight is 1200 g/mol. The van der Waals surface area contributed by atoms with Crippen molar-refractivity contribution in [3.63, 3.8) is 0 Å². The molecular formula is C62H113N11O12. The average Bonchev–Trinajstić information content (AvgIpc) is 3.60. The molecular weight excluding hydrogens is 1090 g/mol. The number of hydrogen-bond acceptors (Lipinski definition) is 13. The molecule has 1 heterocycles. The first-order valence-electron chi connectivity index (χ1n) is 30.7. The number of amides is 10. The van der Waals surface area contributed by atoms with Gasteiger partial charge < -0.3 is 66.2 Å². The Bertz CT molecular complexity index is 2260. The second kappa shape index (κ2) is 35.8. The van der Waals surface area contributed by atoms with Crippen molar-refractivity contribution in [3.05, 3.63) is 12.2 Å². The Balaban J connectivity index is 4.27. The topological polar surface area (TPSA) is 291 Å². The Morgan fingerprint density at radius 3 is 1.29 bits per heavy atom. The van der Waals surface area contributed by atoms with Gasteiger partial charge in [0.05, 0.1) is 24.8 Å². The number of allylic oxidation sites excluding steroid dienone is 2. The van der Waals surface area contributed by atoms with E-state index in [9.17, 15) is 53.4 Å². The molecule has 23 nitrogen and oxygen atoms in total. The third kappa shape index (κ3) is 23.5. The van der Waals surface area contributed by atoms with Crippen molar-refractivity contribution in [2.75, 3.05) is 55.4 Å². The molecule has 0 saturated carbocycles. The summed E-state index contributed by atoms with van der Waals surface area (Å²) in [6, 6.07) is -11.7. The molecule has 1 aliphatic rings. The standard InChI is InChI=1S/C62H113N11O12/c1-24-25-26-40(14)53(76)49-32-63-51(43(17)74)61(84)68(18)33-50(75)69(19)46(29-36(6)7)56(79)66-44(27-34(2)3)59(82)71(21)47(30-37(8)9)55(78)64-41(15)54(77)65-42(16)58(81)70(20)48(31-38(10)11)57(80)67-45(28-35(4)5)60(83)73(23)52(39(12)13)62(85)72(49)22/h24-25,34-49,51-53,63,74,76H,26-33H2,1-23H3,(H,64,78)(H,65,77)(H,66,79)(H,67,80)/b25-24+. The van der Waals surface area contributed by atoms with E-state index in [0.717, 1.165) is 4.90 Å². The van der Waals surface area contributed by atoms with Crippen LogP contribution in [0.1, 0.15) is 156 Å². The molecule has 0 spiro atoms. The molecule has 0 aromatic carbocycles. The fourth-order valence-electron chi connectivity index (χ4n) is 10.7. The van der Waals surface area contributed by atoms with Gasteiger partial charge in [0.25, 0.3) is 0 Å². The Hall–Kier alpha value is -5.68. The van der Waals surface area contributed by atoms with E-state index in [1.165, 1.54) is 87.6 Å². The second-order valence-electron chi connectivity index (χ2n) is 26.4. The van der Waals surface area contributed by atoms with Gasteiger partial charge in [0.2, 0.25) is 59.1 Å². The minimum Gasteiger partial charge on any atom is -0.391 e. The summed E-state index contributed by atoms with van der Waals surface area (Å²) >= 11 is 0. The molecule has 488 valence electrons. The summed E-state index contributed by atoms with van der Waals surface area (Å²) in [5, 5.41) is 37.6. The highest BCUT2D eigenvalue weighted by Gasteiger charge is 2.43. The van der Waals surface area contributed by atoms with Crippen LogP contribution >= 0.6 is 0 Å². The van der Waals surface area contributed by atoms with Gasteiger partial charge >= 0.3 is 0 Å². The second-order valence-corrected chi connectivity index (χ2v) is 26.4. The number of carbonyl (C=O) groups is 10. The molecule has 1 fully saturated rings. The highest BCUT2D eigenvalue weighted by atomic mass is 16.3. The van der Waals surface area contributed by atoms with Crippen molar-refractivity contribution >= 4 is 59.1 Å². The maximum atomic E-state index is 15.1. The lowest BCUT2D eigenvalue weighted by atomic mass is 9.91. The van der Waals surface area contributed by atoms with Crippen molar-refractivity contribution in [2.45, 2.75) is 229 Å². The smallest absolute Gasteiger partial charge is 0.245 e. The lowest BCUT2D eigenvalue weighted by Gasteiger charge is -2.41. The van der Waals surface area contributed by atoms with Crippen LogP contribution in [0.5, 0.6) is 0 Å². The highest BCUT2D eigenvalue weighted by Crippen LogP contribution is 2.24. The summed E-state index contributed by atoms with van der Waals surface area (Å²) in [5.74, 6) is -8.02. The number of hydrogen-bond donors (Lipinski definition) is 7. The third-order valence-electron chi connectivity index (χ3n) is 15.9. The minimum absolute atomic E-state index is 0.125. The zero-order valence-electron chi connectivity index (χ0n) is 55.9. The molecule has 7 N–H and O–H groups in total. The molecule has 0 bridgehead atoms. The van der Waals surface area contributed by atoms with Gasteiger partial charge in [-0.2, -0.15) is 0 Å². The molecule has 1 aliphatic heterocycles. The monoisotopic (exact) mass is 1200 g/mol. The first kappa shape index (κ1) is 77.3. The summed E-state index contributed by atoms with van der Waals surface area (Å²) in [7, 11) is 8.65. The molecule has 1 rings (SSSR count). The molecule has 85 heavy (non-hydrogen) atoms. The van der Waals surface area contributed by atoms with E-state index in [-0.39, 0.29) is 68.2 Å². The molecule has 13 atom stereocenters. The number of nitrogens with zero attached hydrogens (tertiary/aromatic N) is 6. The van der Waals surface area contributed by atoms with Gasteiger partial charge in [0.1, 0.15) is 54.4 Å². The maximum absolute atomic E-state index is 15.1. The van der Waals surface area contributed by atoms with E-state index < -0.39 is 150 Å². The van der Waals surface area contributed by atoms with Crippen LogP contribution in [0.25, 0.3) is 0 Å². The maximum Gasteiger partial charge on any atom is 0.245 e. The molecule has 10 amide bonds. The summed E-state index contributed by atoms with van der Waals surface area (Å²) in [6.45, 7) is 29.4. The molecule has 13 unspecified atom stereocenters. The fourth-order valence-corrected chi connectivity index (χ4v) is 10.7. The summed E-state index contributed by atoms with van der Waals surface area (Å²) in [5.41, 5.74) is 0. The van der Waals surface area contributed by atoms with Gasteiger partial charge in [0, 0.05) is 48.8 Å². The lowest BCUT2D eigenvalue weighted by Crippen LogP contribution is -2.62. The number of carbonyl (C=O) groups excluding carboxylic acids is 10. The Morgan fingerprint density at radius 2 is 0.882 bits per heavy atom. The summed E-state index contributed by atoms with van der Waals surface area (Å²) in [4.78, 5) is 152. The van der Waals surface area contributed by atoms with Crippen molar-refractivity contribution in [1.29, 1.82) is 0 Å². The number of aliphatic hydroxyl groups is 2. The molecule has 0 aromatic rings. The summed E-state index contributed by atoms with van der Waals surface area (Å²) in [6.07, 6.45) is 2.34. The Kier molecular flexibility index (Phi) is 32.6. The predicted molar refractivity (Wildman–Crippen MR) is 330 cm³/mol. The number of aliphatic hydroxyl groups excluding tert-OH is 2. The van der Waals surface area contributed by atoms with Crippen LogP contribution in [0.3, 0.4) is 0 Å². The minimum atomic E-state index is -1.37. The van der Waals surface area contributed by atoms with E-state index in [4.69, 9.17) is 0 Å². The van der Waals surface area contributed by atoms with Gasteiger partial charge in [-0.15, -0.1) is 0 Å². The SMILES string of the molecule is C/C=C/CC(C)C(O)C1CNC(C(C)O)C(=O)N(C)CC(=O)N(C)C(CC(C)C)C(=O)NC(CC(C)C)C(=O)N(C)C(CC(C)C)C(=O)NC(C)C(=O)NC(C)C(=O)N(C)C(CC(C)C)C(=O)NC(CC(C)C)C(=O)N(C)C(C(C)C)C(=O)N1C. The van der Waals surface area contributed by atoms with Crippen LogP contribution in [-0.4, -0.2) is 227 Å². The Morgan fingerprint density at radius 1 is 0.482 bits per heavy atom. The largest absolute Gasteiger partial charge is 0.391 e. The van der Waals surface area contributed by atoms with Gasteiger partial charge in [-0.1, -0.05) is 102 Å². The highest BCUT2D eigenvalue weighted by molar-refractivity contribution is 5.98. The first-order chi connectivity index (χ1) is 39.2. The van der Waals surface area contributed by atoms with Gasteiger partial charge in [-0.3, -0.25) is 47.9 Å². The first-order valence-corrected chi connectivity index (χ1v) is 30.7. The van der Waals surface area contributed by atoms with Gasteiger partial charge in [0.15, 0.2) is 0 Å². The third-order valence-corrected chi connectivity index (χ3v) is 15.9. The van der Waals surface area contributed by atoms with E-state index in [0.29, 0.717) is 6.42 Å². The number of likely N-dealkylation sites (N-methyl/N-ethyl adjacent to an activating group) is 6. The van der Waals surface area contributed by atoms with Crippen molar-refractivity contribution < 1.29 is 58.2 Å². The zero-order chi connectivity index (χ0) is 65.8. The lowest BCUT2D eigenvalue weighted by molar-refractivity contribution is -0.151. The number of nitrogens with one attached hydrogen (secondary N) is 5. The van der Waals surface area contributed by atoms with Crippen molar-refractivity contribution in [2.24, 2.45) is 41.4 Å². The Labute approximate surface area is 509 Å². The van der Waals surface area contributed by atoms with Crippen LogP contribution in [0.4, 0.5) is 0 Å². The molecule has 23 heteroatoms. The van der Waals surface area contributed by atoms with Crippen LogP contribution in [0, 0.1) is 41.4 Å². The van der Waals surface area contributed by atoms with Crippen molar-refractivity contribution in [1.82, 2.24) is 56.0 Å². The van der Waals surface area contributed by atoms with Gasteiger partial charge in [-0.05, 0) is 108 Å². The molecule has 0 radical (unpaired) electrons. The van der Waals surface area contributed by atoms with E-state index >= 15 is 4.79 Å². The van der Waals surface area contributed by atoms with E-state index in [2.05, 4.69) is 26.6 Å². The molecule has 0 aromatic heterocycles. The van der Waals surface area contributed by atoms with Crippen LogP contribution < -0.4 is 26.6 Å². The zero-order valence-corrected chi connectivity index (χ0v) is 55.9. The van der Waals surface area contributed by atoms with Gasteiger partial charge in [-0.25, -0.2) is 0 Å². The van der Waals surface area contributed by atoms with Crippen LogP contribution in [0.2, 0.25) is 0 Å². The molecule has 1 saturated heterocycles. The number of rotatable bonds is 16. The predicted octanol–water partition coefficient (Wildman–Crippen LogP) is 2.76.